The van der Waals surface area contributed by atoms with Crippen LogP contribution in [0, 0.1) is 12.7 Å². The standard InChI is InChI=1S/C24H24FN3/c1-15-10-18(12-20-14-28(2)27-23(15)20)19-11-17-8-9-22(16-6-4-3-5-7-16)26-24(17)21(25)13-19/h8-14,16H,3-7H2,1-2H3. The molecule has 1 saturated carbocycles. The number of hydrogen-bond donors (Lipinski definition) is 0. The molecule has 142 valence electrons. The fourth-order valence-electron chi connectivity index (χ4n) is 4.60. The summed E-state index contributed by atoms with van der Waals surface area (Å²) in [5.74, 6) is 0.238. The summed E-state index contributed by atoms with van der Waals surface area (Å²) >= 11 is 0. The molecule has 4 aromatic rings. The number of aromatic nitrogens is 3. The van der Waals surface area contributed by atoms with Gasteiger partial charge in [0.2, 0.25) is 0 Å². The molecule has 0 radical (unpaired) electrons. The van der Waals surface area contributed by atoms with E-state index in [9.17, 15) is 0 Å². The summed E-state index contributed by atoms with van der Waals surface area (Å²) < 4.78 is 16.8. The Bertz CT molecular complexity index is 1190. The minimum atomic E-state index is -0.242. The van der Waals surface area contributed by atoms with Crippen LogP contribution in [-0.2, 0) is 7.05 Å². The predicted molar refractivity (Wildman–Crippen MR) is 112 cm³/mol. The average molecular weight is 373 g/mol. The van der Waals surface area contributed by atoms with Gasteiger partial charge in [0, 0.05) is 35.6 Å². The Morgan fingerprint density at radius 3 is 2.50 bits per heavy atom. The minimum Gasteiger partial charge on any atom is -0.275 e. The smallest absolute Gasteiger partial charge is 0.150 e. The number of nitrogens with zero attached hydrogens (tertiary/aromatic N) is 3. The molecule has 4 heteroatoms. The Labute approximate surface area is 164 Å². The molecular weight excluding hydrogens is 349 g/mol. The molecule has 0 atom stereocenters. The second-order valence-corrected chi connectivity index (χ2v) is 8.13. The number of halogens is 1. The molecule has 0 saturated heterocycles. The number of hydrogen-bond acceptors (Lipinski definition) is 2. The van der Waals surface area contributed by atoms with Crippen LogP contribution >= 0.6 is 0 Å². The normalized spacial score (nSPS) is 15.5. The summed E-state index contributed by atoms with van der Waals surface area (Å²) in [6.45, 7) is 2.05. The van der Waals surface area contributed by atoms with Gasteiger partial charge in [-0.05, 0) is 66.8 Å². The first kappa shape index (κ1) is 17.4. The van der Waals surface area contributed by atoms with E-state index in [1.807, 2.05) is 37.0 Å². The summed E-state index contributed by atoms with van der Waals surface area (Å²) in [5, 5.41) is 6.43. The Hall–Kier alpha value is -2.75. The lowest BCUT2D eigenvalue weighted by molar-refractivity contribution is 0.437. The van der Waals surface area contributed by atoms with Gasteiger partial charge in [-0.25, -0.2) is 9.37 Å². The van der Waals surface area contributed by atoms with Crippen molar-refractivity contribution >= 4 is 21.8 Å². The van der Waals surface area contributed by atoms with Gasteiger partial charge in [-0.2, -0.15) is 5.10 Å². The van der Waals surface area contributed by atoms with Crippen LogP contribution in [0.15, 0.2) is 42.6 Å². The van der Waals surface area contributed by atoms with Crippen molar-refractivity contribution in [2.75, 3.05) is 0 Å². The lowest BCUT2D eigenvalue weighted by atomic mass is 9.86. The van der Waals surface area contributed by atoms with Crippen LogP contribution in [0.3, 0.4) is 0 Å². The quantitative estimate of drug-likeness (QED) is 0.414. The van der Waals surface area contributed by atoms with Crippen LogP contribution in [0.5, 0.6) is 0 Å². The van der Waals surface area contributed by atoms with Crippen molar-refractivity contribution in [2.45, 2.75) is 44.9 Å². The maximum absolute atomic E-state index is 15.0. The zero-order valence-electron chi connectivity index (χ0n) is 16.4. The van der Waals surface area contributed by atoms with Crippen LogP contribution in [0.4, 0.5) is 4.39 Å². The van der Waals surface area contributed by atoms with E-state index in [1.54, 1.807) is 6.07 Å². The van der Waals surface area contributed by atoms with Crippen LogP contribution in [-0.4, -0.2) is 14.8 Å². The maximum atomic E-state index is 15.0. The zero-order chi connectivity index (χ0) is 19.3. The molecule has 0 unspecified atom stereocenters. The topological polar surface area (TPSA) is 30.7 Å². The highest BCUT2D eigenvalue weighted by Crippen LogP contribution is 2.34. The second kappa shape index (κ2) is 6.69. The van der Waals surface area contributed by atoms with Gasteiger partial charge in [0.15, 0.2) is 0 Å². The number of pyridine rings is 1. The molecule has 0 spiro atoms. The molecule has 1 aliphatic carbocycles. The molecule has 5 rings (SSSR count). The number of benzene rings is 2. The molecular formula is C24H24FN3. The molecule has 28 heavy (non-hydrogen) atoms. The van der Waals surface area contributed by atoms with Crippen molar-refractivity contribution in [3.8, 4) is 11.1 Å². The molecule has 2 aromatic heterocycles. The minimum absolute atomic E-state index is 0.242. The van der Waals surface area contributed by atoms with Crippen LogP contribution in [0.1, 0.15) is 49.3 Å². The molecule has 1 aliphatic rings. The first-order valence-corrected chi connectivity index (χ1v) is 10.1. The van der Waals surface area contributed by atoms with Gasteiger partial charge in [-0.1, -0.05) is 25.3 Å². The van der Waals surface area contributed by atoms with E-state index in [2.05, 4.69) is 23.3 Å². The third kappa shape index (κ3) is 2.97. The molecule has 2 heterocycles. The number of rotatable bonds is 2. The van der Waals surface area contributed by atoms with Crippen molar-refractivity contribution in [3.05, 3.63) is 59.7 Å². The average Bonchev–Trinajstić information content (AvgIpc) is 3.09. The number of fused-ring (bicyclic) bond motifs is 2. The summed E-state index contributed by atoms with van der Waals surface area (Å²) in [4.78, 5) is 4.72. The van der Waals surface area contributed by atoms with Crippen molar-refractivity contribution in [3.63, 3.8) is 0 Å². The van der Waals surface area contributed by atoms with E-state index < -0.39 is 0 Å². The highest BCUT2D eigenvalue weighted by molar-refractivity contribution is 5.90. The van der Waals surface area contributed by atoms with Crippen LogP contribution < -0.4 is 0 Å². The predicted octanol–water partition coefficient (Wildman–Crippen LogP) is 6.28. The van der Waals surface area contributed by atoms with E-state index in [4.69, 9.17) is 4.98 Å². The molecule has 0 bridgehead atoms. The molecule has 0 N–H and O–H groups in total. The zero-order valence-corrected chi connectivity index (χ0v) is 16.4. The lowest BCUT2D eigenvalue weighted by Gasteiger charge is -2.21. The molecule has 1 fully saturated rings. The third-order valence-electron chi connectivity index (χ3n) is 6.04. The van der Waals surface area contributed by atoms with Gasteiger partial charge in [-0.3, -0.25) is 4.68 Å². The number of aryl methyl sites for hydroxylation is 2. The van der Waals surface area contributed by atoms with Gasteiger partial charge < -0.3 is 0 Å². The van der Waals surface area contributed by atoms with E-state index in [-0.39, 0.29) is 5.82 Å². The fourth-order valence-corrected chi connectivity index (χ4v) is 4.60. The Morgan fingerprint density at radius 2 is 1.68 bits per heavy atom. The van der Waals surface area contributed by atoms with Crippen LogP contribution in [0.25, 0.3) is 32.9 Å². The highest BCUT2D eigenvalue weighted by atomic mass is 19.1. The van der Waals surface area contributed by atoms with Gasteiger partial charge in [0.05, 0.1) is 5.52 Å². The summed E-state index contributed by atoms with van der Waals surface area (Å²) in [6.07, 6.45) is 8.15. The SMILES string of the molecule is Cc1cc(-c2cc(F)c3nc(C4CCCCC4)ccc3c2)cc2cn(C)nc12. The van der Waals surface area contributed by atoms with E-state index in [1.165, 1.54) is 32.1 Å². The summed E-state index contributed by atoms with van der Waals surface area (Å²) in [7, 11) is 1.92. The van der Waals surface area contributed by atoms with Gasteiger partial charge >= 0.3 is 0 Å². The first-order valence-electron chi connectivity index (χ1n) is 10.1. The monoisotopic (exact) mass is 373 g/mol. The van der Waals surface area contributed by atoms with Gasteiger partial charge in [-0.15, -0.1) is 0 Å². The Kier molecular flexibility index (Phi) is 4.15. The Balaban J connectivity index is 1.59. The van der Waals surface area contributed by atoms with Crippen molar-refractivity contribution < 1.29 is 4.39 Å². The van der Waals surface area contributed by atoms with E-state index >= 15 is 4.39 Å². The van der Waals surface area contributed by atoms with Gasteiger partial charge in [0.1, 0.15) is 11.3 Å². The fraction of sp³-hybridized carbons (Fsp3) is 0.333. The maximum Gasteiger partial charge on any atom is 0.150 e. The third-order valence-corrected chi connectivity index (χ3v) is 6.04. The van der Waals surface area contributed by atoms with Crippen molar-refractivity contribution in [2.24, 2.45) is 7.05 Å². The summed E-state index contributed by atoms with van der Waals surface area (Å²) in [6, 6.07) is 12.0. The Morgan fingerprint density at radius 1 is 0.929 bits per heavy atom. The lowest BCUT2D eigenvalue weighted by Crippen LogP contribution is -2.06. The molecule has 0 amide bonds. The van der Waals surface area contributed by atoms with Crippen LogP contribution in [0.2, 0.25) is 0 Å². The molecule has 2 aromatic carbocycles. The van der Waals surface area contributed by atoms with Crippen molar-refractivity contribution in [1.29, 1.82) is 0 Å². The van der Waals surface area contributed by atoms with Crippen molar-refractivity contribution in [1.82, 2.24) is 14.8 Å². The van der Waals surface area contributed by atoms with E-state index in [0.717, 1.165) is 38.7 Å². The summed E-state index contributed by atoms with van der Waals surface area (Å²) in [5.41, 5.74) is 5.52. The van der Waals surface area contributed by atoms with E-state index in [0.29, 0.717) is 11.4 Å². The largest absolute Gasteiger partial charge is 0.275 e. The van der Waals surface area contributed by atoms with Gasteiger partial charge in [0.25, 0.3) is 0 Å². The first-order chi connectivity index (χ1) is 13.6. The second-order valence-electron chi connectivity index (χ2n) is 8.13. The highest BCUT2D eigenvalue weighted by Gasteiger charge is 2.18. The molecule has 3 nitrogen and oxygen atoms in total. The molecule has 0 aliphatic heterocycles.